The quantitative estimate of drug-likeness (QED) is 0.465. The Bertz CT molecular complexity index is 284. The molecule has 12 heavy (non-hydrogen) atoms. The summed E-state index contributed by atoms with van der Waals surface area (Å²) in [6, 6.07) is 0. The molecule has 0 bridgehead atoms. The summed E-state index contributed by atoms with van der Waals surface area (Å²) < 4.78 is 0. The van der Waals surface area contributed by atoms with Gasteiger partial charge in [-0.25, -0.2) is 0 Å². The van der Waals surface area contributed by atoms with Crippen LogP contribution in [-0.2, 0) is 11.2 Å². The molecule has 6 heteroatoms. The zero-order valence-electron chi connectivity index (χ0n) is 6.61. The van der Waals surface area contributed by atoms with Crippen LogP contribution < -0.4 is 5.46 Å². The van der Waals surface area contributed by atoms with Gasteiger partial charge in [-0.05, 0) is 6.92 Å². The molecule has 0 fully saturated rings. The van der Waals surface area contributed by atoms with Crippen molar-refractivity contribution < 1.29 is 14.8 Å². The summed E-state index contributed by atoms with van der Waals surface area (Å²) in [5, 5.41) is 23.7. The Morgan fingerprint density at radius 1 is 1.75 bits per heavy atom. The maximum absolute atomic E-state index is 10.7. The van der Waals surface area contributed by atoms with Gasteiger partial charge in [0.1, 0.15) is 5.78 Å². The molecule has 0 aliphatic rings. The monoisotopic (exact) mass is 168 g/mol. The molecular formula is C6H9BN2O3. The number of hydrogen-bond donors (Lipinski definition) is 3. The fourth-order valence-corrected chi connectivity index (χ4v) is 0.935. The SMILES string of the molecule is CC(=O)Cc1[nH]ncc1B(O)O. The van der Waals surface area contributed by atoms with Gasteiger partial charge in [-0.2, -0.15) is 5.10 Å². The van der Waals surface area contributed by atoms with Crippen LogP contribution in [0.15, 0.2) is 6.20 Å². The zero-order chi connectivity index (χ0) is 9.14. The number of Topliss-reactive ketones (excluding diaryl/α,β-unsaturated/α-hetero) is 1. The fourth-order valence-electron chi connectivity index (χ4n) is 0.935. The number of nitrogens with one attached hydrogen (secondary N) is 1. The number of carbonyl (C=O) groups excluding carboxylic acids is 1. The molecule has 0 aromatic carbocycles. The van der Waals surface area contributed by atoms with Crippen LogP contribution in [0.4, 0.5) is 0 Å². The van der Waals surface area contributed by atoms with E-state index < -0.39 is 7.12 Å². The molecule has 1 heterocycles. The summed E-state index contributed by atoms with van der Waals surface area (Å²) in [5.41, 5.74) is 0.711. The first kappa shape index (κ1) is 8.96. The summed E-state index contributed by atoms with van der Waals surface area (Å²) in [7, 11) is -1.57. The normalized spacial score (nSPS) is 9.92. The number of hydrogen-bond acceptors (Lipinski definition) is 4. The van der Waals surface area contributed by atoms with Gasteiger partial charge in [0.25, 0.3) is 0 Å². The van der Waals surface area contributed by atoms with Gasteiger partial charge in [0.15, 0.2) is 0 Å². The average molecular weight is 168 g/mol. The van der Waals surface area contributed by atoms with E-state index in [-0.39, 0.29) is 17.7 Å². The molecule has 0 radical (unpaired) electrons. The predicted octanol–water partition coefficient (Wildman–Crippen LogP) is -1.78. The molecule has 64 valence electrons. The van der Waals surface area contributed by atoms with Crippen molar-refractivity contribution >= 4 is 18.4 Å². The van der Waals surface area contributed by atoms with Crippen LogP contribution in [-0.4, -0.2) is 33.1 Å². The first-order valence-corrected chi connectivity index (χ1v) is 3.49. The highest BCUT2D eigenvalue weighted by molar-refractivity contribution is 6.59. The number of ketones is 1. The topological polar surface area (TPSA) is 86.2 Å². The number of aromatic nitrogens is 2. The summed E-state index contributed by atoms with van der Waals surface area (Å²) in [6.07, 6.45) is 1.44. The molecule has 0 aliphatic carbocycles. The van der Waals surface area contributed by atoms with Crippen LogP contribution in [0.2, 0.25) is 0 Å². The Kier molecular flexibility index (Phi) is 2.62. The third-order valence-corrected chi connectivity index (χ3v) is 1.46. The van der Waals surface area contributed by atoms with E-state index in [0.29, 0.717) is 5.69 Å². The van der Waals surface area contributed by atoms with Gasteiger partial charge in [0, 0.05) is 23.8 Å². The molecule has 0 saturated heterocycles. The molecule has 3 N–H and O–H groups in total. The van der Waals surface area contributed by atoms with Crippen LogP contribution in [0.25, 0.3) is 0 Å². The van der Waals surface area contributed by atoms with Gasteiger partial charge < -0.3 is 10.0 Å². The van der Waals surface area contributed by atoms with Gasteiger partial charge in [0.2, 0.25) is 0 Å². The van der Waals surface area contributed by atoms with Crippen molar-refractivity contribution in [1.82, 2.24) is 10.2 Å². The number of H-pyrrole nitrogens is 1. The zero-order valence-corrected chi connectivity index (χ0v) is 6.61. The smallest absolute Gasteiger partial charge is 0.423 e. The first-order valence-electron chi connectivity index (χ1n) is 3.49. The lowest BCUT2D eigenvalue weighted by Gasteiger charge is -1.97. The molecule has 0 amide bonds. The van der Waals surface area contributed by atoms with Gasteiger partial charge in [-0.15, -0.1) is 0 Å². The third kappa shape index (κ3) is 1.93. The van der Waals surface area contributed by atoms with Crippen molar-refractivity contribution in [2.45, 2.75) is 13.3 Å². The van der Waals surface area contributed by atoms with Crippen LogP contribution in [0, 0.1) is 0 Å². The van der Waals surface area contributed by atoms with Crippen LogP contribution in [0.5, 0.6) is 0 Å². The lowest BCUT2D eigenvalue weighted by molar-refractivity contribution is -0.116. The molecule has 0 unspecified atom stereocenters. The summed E-state index contributed by atoms with van der Waals surface area (Å²) >= 11 is 0. The van der Waals surface area contributed by atoms with E-state index in [4.69, 9.17) is 10.0 Å². The van der Waals surface area contributed by atoms with Crippen LogP contribution in [0.3, 0.4) is 0 Å². The van der Waals surface area contributed by atoms with E-state index in [2.05, 4.69) is 10.2 Å². The molecule has 5 nitrogen and oxygen atoms in total. The second kappa shape index (κ2) is 3.51. The molecule has 0 saturated carbocycles. The van der Waals surface area contributed by atoms with Gasteiger partial charge in [-0.3, -0.25) is 9.89 Å². The first-order chi connectivity index (χ1) is 5.61. The highest BCUT2D eigenvalue weighted by atomic mass is 16.4. The molecule has 1 aromatic rings. The van der Waals surface area contributed by atoms with Crippen molar-refractivity contribution in [3.8, 4) is 0 Å². The third-order valence-electron chi connectivity index (χ3n) is 1.46. The van der Waals surface area contributed by atoms with Crippen LogP contribution in [0.1, 0.15) is 12.6 Å². The largest absolute Gasteiger partial charge is 0.491 e. The summed E-state index contributed by atoms with van der Waals surface area (Å²) in [4.78, 5) is 10.7. The van der Waals surface area contributed by atoms with Gasteiger partial charge in [0.05, 0.1) is 0 Å². The highest BCUT2D eigenvalue weighted by Crippen LogP contribution is 1.92. The molecule has 1 aromatic heterocycles. The lowest BCUT2D eigenvalue weighted by Crippen LogP contribution is -2.32. The van der Waals surface area contributed by atoms with Gasteiger partial charge in [-0.1, -0.05) is 0 Å². The maximum Gasteiger partial charge on any atom is 0.491 e. The molecule has 0 spiro atoms. The molecular weight excluding hydrogens is 159 g/mol. The fraction of sp³-hybridized carbons (Fsp3) is 0.333. The number of rotatable bonds is 3. The minimum absolute atomic E-state index is 0.0545. The van der Waals surface area contributed by atoms with Gasteiger partial charge >= 0.3 is 7.12 Å². The Morgan fingerprint density at radius 2 is 2.42 bits per heavy atom. The minimum Gasteiger partial charge on any atom is -0.423 e. The Hall–Kier alpha value is -1.14. The second-order valence-corrected chi connectivity index (χ2v) is 2.56. The lowest BCUT2D eigenvalue weighted by atomic mass is 9.80. The standard InChI is InChI=1S/C6H9BN2O3/c1-4(10)2-6-5(7(11)12)3-8-9-6/h3,11-12H,2H2,1H3,(H,8,9). The molecule has 0 aliphatic heterocycles. The average Bonchev–Trinajstić information content (AvgIpc) is 2.33. The van der Waals surface area contributed by atoms with Crippen LogP contribution >= 0.6 is 0 Å². The Labute approximate surface area is 69.6 Å². The van der Waals surface area contributed by atoms with Crippen molar-refractivity contribution in [3.05, 3.63) is 11.9 Å². The van der Waals surface area contributed by atoms with Crippen molar-refractivity contribution in [2.75, 3.05) is 0 Å². The highest BCUT2D eigenvalue weighted by Gasteiger charge is 2.18. The van der Waals surface area contributed by atoms with Crippen molar-refractivity contribution in [2.24, 2.45) is 0 Å². The van der Waals surface area contributed by atoms with E-state index in [1.54, 1.807) is 0 Å². The number of nitrogens with zero attached hydrogens (tertiary/aromatic N) is 1. The van der Waals surface area contributed by atoms with Crippen molar-refractivity contribution in [3.63, 3.8) is 0 Å². The molecule has 1 rings (SSSR count). The van der Waals surface area contributed by atoms with Crippen molar-refractivity contribution in [1.29, 1.82) is 0 Å². The van der Waals surface area contributed by atoms with E-state index in [1.165, 1.54) is 13.1 Å². The summed E-state index contributed by atoms with van der Waals surface area (Å²) in [5.74, 6) is -0.0545. The minimum atomic E-state index is -1.57. The molecule has 0 atom stereocenters. The Balaban J connectivity index is 2.84. The predicted molar refractivity (Wildman–Crippen MR) is 42.8 cm³/mol. The summed E-state index contributed by atoms with van der Waals surface area (Å²) in [6.45, 7) is 1.42. The Morgan fingerprint density at radius 3 is 2.92 bits per heavy atom. The van der Waals surface area contributed by atoms with E-state index in [1.807, 2.05) is 0 Å². The van der Waals surface area contributed by atoms with E-state index >= 15 is 0 Å². The number of aromatic amines is 1. The second-order valence-electron chi connectivity index (χ2n) is 2.56. The van der Waals surface area contributed by atoms with E-state index in [0.717, 1.165) is 0 Å². The van der Waals surface area contributed by atoms with E-state index in [9.17, 15) is 4.79 Å². The maximum atomic E-state index is 10.7. The number of carbonyl (C=O) groups is 1.